The second kappa shape index (κ2) is 10.9. The molecule has 2 aromatic rings. The number of rotatable bonds is 9. The normalized spacial score (nSPS) is 12.2. The molecule has 0 atom stereocenters. The van der Waals surface area contributed by atoms with E-state index >= 15 is 0 Å². The van der Waals surface area contributed by atoms with Gasteiger partial charge in [0, 0.05) is 22.6 Å². The van der Waals surface area contributed by atoms with Gasteiger partial charge < -0.3 is 29.0 Å². The first-order valence-electron chi connectivity index (χ1n) is 10.1. The molecule has 1 aliphatic rings. The summed E-state index contributed by atoms with van der Waals surface area (Å²) in [7, 11) is 5.80. The fraction of sp³-hybridized carbons (Fsp3) is 0.348. The van der Waals surface area contributed by atoms with E-state index in [1.165, 1.54) is 51.9 Å². The molecule has 1 aliphatic carbocycles. The second-order valence-electron chi connectivity index (χ2n) is 6.99. The minimum atomic E-state index is -0.719. The van der Waals surface area contributed by atoms with E-state index in [0.717, 1.165) is 29.7 Å². The summed E-state index contributed by atoms with van der Waals surface area (Å²) in [6, 6.07) is 3.28. The van der Waals surface area contributed by atoms with Crippen LogP contribution in [0.15, 0.2) is 18.2 Å². The number of thiophene rings is 1. The highest BCUT2D eigenvalue weighted by Gasteiger charge is 2.28. The number of carbonyl (C=O) groups is 3. The zero-order chi connectivity index (χ0) is 24.0. The van der Waals surface area contributed by atoms with Crippen molar-refractivity contribution in [2.75, 3.05) is 40.4 Å². The molecule has 0 fully saturated rings. The SMILES string of the molecule is COC(=O)c1c(NC(=O)COC(=O)/C=C/c2cc(OC)c(OC)cc2OC)sc2c1CCC2. The molecule has 10 heteroatoms. The molecule has 1 amide bonds. The summed E-state index contributed by atoms with van der Waals surface area (Å²) in [5.74, 6) is -0.343. The smallest absolute Gasteiger partial charge is 0.341 e. The first kappa shape index (κ1) is 24.1. The Morgan fingerprint density at radius 1 is 1.00 bits per heavy atom. The van der Waals surface area contributed by atoms with Gasteiger partial charge in [-0.25, -0.2) is 9.59 Å². The molecule has 0 aliphatic heterocycles. The van der Waals surface area contributed by atoms with Crippen LogP contribution in [-0.2, 0) is 31.9 Å². The molecule has 0 unspecified atom stereocenters. The average Bonchev–Trinajstić information content (AvgIpc) is 3.41. The fourth-order valence-corrected chi connectivity index (χ4v) is 4.79. The monoisotopic (exact) mass is 475 g/mol. The summed E-state index contributed by atoms with van der Waals surface area (Å²) in [6.45, 7) is -0.505. The quantitative estimate of drug-likeness (QED) is 0.435. The molecule has 1 N–H and O–H groups in total. The Labute approximate surface area is 195 Å². The van der Waals surface area contributed by atoms with Gasteiger partial charge in [0.25, 0.3) is 5.91 Å². The van der Waals surface area contributed by atoms with Crippen molar-refractivity contribution in [3.63, 3.8) is 0 Å². The first-order valence-corrected chi connectivity index (χ1v) is 10.9. The van der Waals surface area contributed by atoms with E-state index in [1.54, 1.807) is 12.1 Å². The van der Waals surface area contributed by atoms with E-state index in [1.807, 2.05) is 0 Å². The number of fused-ring (bicyclic) bond motifs is 1. The maximum atomic E-state index is 12.3. The summed E-state index contributed by atoms with van der Waals surface area (Å²) in [5, 5.41) is 3.07. The Kier molecular flexibility index (Phi) is 7.94. The van der Waals surface area contributed by atoms with Gasteiger partial charge in [0.1, 0.15) is 10.8 Å². The zero-order valence-electron chi connectivity index (χ0n) is 18.8. The van der Waals surface area contributed by atoms with Gasteiger partial charge >= 0.3 is 11.9 Å². The molecule has 33 heavy (non-hydrogen) atoms. The highest BCUT2D eigenvalue weighted by molar-refractivity contribution is 7.17. The summed E-state index contributed by atoms with van der Waals surface area (Å²) >= 11 is 1.35. The zero-order valence-corrected chi connectivity index (χ0v) is 19.6. The lowest BCUT2D eigenvalue weighted by Gasteiger charge is -2.12. The number of benzene rings is 1. The van der Waals surface area contributed by atoms with Crippen LogP contribution in [0.5, 0.6) is 17.2 Å². The molecule has 9 nitrogen and oxygen atoms in total. The molecule has 0 bridgehead atoms. The lowest BCUT2D eigenvalue weighted by molar-refractivity contribution is -0.142. The molecule has 0 radical (unpaired) electrons. The second-order valence-corrected chi connectivity index (χ2v) is 8.10. The lowest BCUT2D eigenvalue weighted by atomic mass is 10.1. The number of aryl methyl sites for hydroxylation is 1. The number of hydrogen-bond donors (Lipinski definition) is 1. The van der Waals surface area contributed by atoms with E-state index < -0.39 is 24.5 Å². The number of methoxy groups -OCH3 is 4. The number of hydrogen-bond acceptors (Lipinski definition) is 9. The third-order valence-corrected chi connectivity index (χ3v) is 6.25. The van der Waals surface area contributed by atoms with Gasteiger partial charge in [-0.2, -0.15) is 0 Å². The van der Waals surface area contributed by atoms with Crippen LogP contribution in [0.2, 0.25) is 0 Å². The Morgan fingerprint density at radius 3 is 2.36 bits per heavy atom. The third-order valence-electron chi connectivity index (χ3n) is 5.04. The van der Waals surface area contributed by atoms with Crippen molar-refractivity contribution in [2.45, 2.75) is 19.3 Å². The van der Waals surface area contributed by atoms with Crippen LogP contribution in [0.4, 0.5) is 5.00 Å². The van der Waals surface area contributed by atoms with Crippen LogP contribution < -0.4 is 19.5 Å². The Morgan fingerprint density at radius 2 is 1.70 bits per heavy atom. The van der Waals surface area contributed by atoms with Gasteiger partial charge in [-0.3, -0.25) is 4.79 Å². The summed E-state index contributed by atoms with van der Waals surface area (Å²) < 4.78 is 25.7. The van der Waals surface area contributed by atoms with Crippen LogP contribution in [-0.4, -0.2) is 52.9 Å². The van der Waals surface area contributed by atoms with Gasteiger partial charge in [0.05, 0.1) is 34.0 Å². The fourth-order valence-electron chi connectivity index (χ4n) is 3.50. The largest absolute Gasteiger partial charge is 0.496 e. The maximum Gasteiger partial charge on any atom is 0.341 e. The minimum absolute atomic E-state index is 0.384. The van der Waals surface area contributed by atoms with Gasteiger partial charge in [0.15, 0.2) is 18.1 Å². The Bertz CT molecular complexity index is 1090. The number of esters is 2. The van der Waals surface area contributed by atoms with E-state index in [-0.39, 0.29) is 0 Å². The maximum absolute atomic E-state index is 12.3. The number of anilines is 1. The van der Waals surface area contributed by atoms with Crippen LogP contribution in [0.1, 0.15) is 32.8 Å². The predicted octanol–water partition coefficient (Wildman–Crippen LogP) is 3.24. The van der Waals surface area contributed by atoms with Crippen molar-refractivity contribution in [2.24, 2.45) is 0 Å². The summed E-state index contributed by atoms with van der Waals surface area (Å²) in [6.07, 6.45) is 5.26. The lowest BCUT2D eigenvalue weighted by Crippen LogP contribution is -2.21. The van der Waals surface area contributed by atoms with Crippen molar-refractivity contribution < 1.29 is 38.1 Å². The standard InChI is InChI=1S/C23H25NO8S/c1-28-15-11-17(30-3)16(29-2)10-13(15)8-9-20(26)32-12-19(25)24-22-21(23(27)31-4)14-6-5-7-18(14)33-22/h8-11H,5-7,12H2,1-4H3,(H,24,25)/b9-8+. The molecule has 1 aromatic carbocycles. The van der Waals surface area contributed by atoms with E-state index in [4.69, 9.17) is 23.7 Å². The third kappa shape index (κ3) is 5.46. The number of amides is 1. The summed E-state index contributed by atoms with van der Waals surface area (Å²) in [4.78, 5) is 37.7. The molecule has 0 spiro atoms. The highest BCUT2D eigenvalue weighted by Crippen LogP contribution is 2.39. The molecule has 0 saturated carbocycles. The van der Waals surface area contributed by atoms with Gasteiger partial charge in [-0.05, 0) is 37.0 Å². The van der Waals surface area contributed by atoms with Crippen LogP contribution in [0.25, 0.3) is 6.08 Å². The molecule has 176 valence electrons. The minimum Gasteiger partial charge on any atom is -0.496 e. The van der Waals surface area contributed by atoms with E-state index in [0.29, 0.717) is 33.4 Å². The Hall–Kier alpha value is -3.53. The number of nitrogens with one attached hydrogen (secondary N) is 1. The van der Waals surface area contributed by atoms with Gasteiger partial charge in [-0.1, -0.05) is 0 Å². The molecule has 1 heterocycles. The first-order chi connectivity index (χ1) is 15.9. The van der Waals surface area contributed by atoms with Gasteiger partial charge in [-0.15, -0.1) is 11.3 Å². The van der Waals surface area contributed by atoms with Crippen LogP contribution in [0.3, 0.4) is 0 Å². The van der Waals surface area contributed by atoms with Crippen molar-refractivity contribution in [3.8, 4) is 17.2 Å². The predicted molar refractivity (Wildman–Crippen MR) is 122 cm³/mol. The topological polar surface area (TPSA) is 109 Å². The summed E-state index contributed by atoms with van der Waals surface area (Å²) in [5.41, 5.74) is 1.87. The van der Waals surface area contributed by atoms with E-state index in [9.17, 15) is 14.4 Å². The average molecular weight is 476 g/mol. The van der Waals surface area contributed by atoms with Crippen molar-refractivity contribution in [1.82, 2.24) is 0 Å². The highest BCUT2D eigenvalue weighted by atomic mass is 32.1. The van der Waals surface area contributed by atoms with Gasteiger partial charge in [0.2, 0.25) is 0 Å². The van der Waals surface area contributed by atoms with Crippen LogP contribution >= 0.6 is 11.3 Å². The Balaban J connectivity index is 1.63. The molecular weight excluding hydrogens is 450 g/mol. The number of carbonyl (C=O) groups excluding carboxylic acids is 3. The number of ether oxygens (including phenoxy) is 5. The van der Waals surface area contributed by atoms with E-state index in [2.05, 4.69) is 5.32 Å². The van der Waals surface area contributed by atoms with Crippen molar-refractivity contribution in [1.29, 1.82) is 0 Å². The van der Waals surface area contributed by atoms with Crippen molar-refractivity contribution in [3.05, 3.63) is 39.8 Å². The molecule has 0 saturated heterocycles. The van der Waals surface area contributed by atoms with Crippen molar-refractivity contribution >= 4 is 40.3 Å². The van der Waals surface area contributed by atoms with Crippen LogP contribution in [0, 0.1) is 0 Å². The molecule has 3 rings (SSSR count). The molecular formula is C23H25NO8S. The molecule has 1 aromatic heterocycles.